The monoisotopic (exact) mass is 376 g/mol. The number of nitrogens with zero attached hydrogens (tertiary/aromatic N) is 3. The molecule has 2 aromatic heterocycles. The highest BCUT2D eigenvalue weighted by molar-refractivity contribution is 7.21. The largest absolute Gasteiger partial charge is 0.322 e. The van der Waals surface area contributed by atoms with Crippen molar-refractivity contribution in [3.63, 3.8) is 0 Å². The van der Waals surface area contributed by atoms with Crippen LogP contribution in [0.4, 0.5) is 11.4 Å². The number of thiazole rings is 1. The number of carbonyl (C=O) groups excluding carboxylic acids is 1. The molecule has 0 bridgehead atoms. The molecule has 0 radical (unpaired) electrons. The Balaban J connectivity index is 1.56. The zero-order valence-electron chi connectivity index (χ0n) is 13.8. The number of para-hydroxylation sites is 1. The lowest BCUT2D eigenvalue weighted by Gasteiger charge is -2.06. The molecular weight excluding hydrogens is 364 g/mol. The number of carbonyl (C=O) groups is 1. The molecule has 132 valence electrons. The van der Waals surface area contributed by atoms with Gasteiger partial charge in [0.15, 0.2) is 0 Å². The van der Waals surface area contributed by atoms with Gasteiger partial charge in [0.2, 0.25) is 0 Å². The van der Waals surface area contributed by atoms with Crippen LogP contribution in [0.5, 0.6) is 0 Å². The van der Waals surface area contributed by atoms with Crippen LogP contribution in [0.1, 0.15) is 10.4 Å². The average Bonchev–Trinajstić information content (AvgIpc) is 3.12. The molecule has 4 aromatic rings. The standard InChI is InChI=1S/C19H12N4O3S/c24-17(14-4-1-2-6-16(14)23(25)26)21-13-9-7-12(8-10-13)18-22-15-5-3-11-20-19(15)27-18/h1-11H,(H,21,24). The third-order valence-electron chi connectivity index (χ3n) is 3.90. The van der Waals surface area contributed by atoms with E-state index in [-0.39, 0.29) is 11.3 Å². The Morgan fingerprint density at radius 3 is 2.56 bits per heavy atom. The molecule has 2 aromatic carbocycles. The van der Waals surface area contributed by atoms with E-state index in [1.54, 1.807) is 24.4 Å². The first kappa shape index (κ1) is 16.8. The normalized spacial score (nSPS) is 10.7. The van der Waals surface area contributed by atoms with Gasteiger partial charge in [0.25, 0.3) is 11.6 Å². The van der Waals surface area contributed by atoms with Gasteiger partial charge in [-0.2, -0.15) is 0 Å². The van der Waals surface area contributed by atoms with E-state index in [0.717, 1.165) is 20.9 Å². The van der Waals surface area contributed by atoms with E-state index in [1.165, 1.54) is 29.5 Å². The zero-order valence-corrected chi connectivity index (χ0v) is 14.6. The molecule has 2 heterocycles. The highest BCUT2D eigenvalue weighted by Gasteiger charge is 2.19. The first-order valence-corrected chi connectivity index (χ1v) is 8.80. The number of pyridine rings is 1. The molecule has 0 saturated heterocycles. The van der Waals surface area contributed by atoms with Gasteiger partial charge in [-0.3, -0.25) is 14.9 Å². The number of hydrogen-bond acceptors (Lipinski definition) is 6. The number of benzene rings is 2. The van der Waals surface area contributed by atoms with Crippen LogP contribution in [0.25, 0.3) is 20.9 Å². The summed E-state index contributed by atoms with van der Waals surface area (Å²) in [6, 6.07) is 16.7. The number of nitrogens with one attached hydrogen (secondary N) is 1. The summed E-state index contributed by atoms with van der Waals surface area (Å²) in [5.41, 5.74) is 2.08. The number of anilines is 1. The van der Waals surface area contributed by atoms with E-state index in [2.05, 4.69) is 15.3 Å². The van der Waals surface area contributed by atoms with Gasteiger partial charge in [0.1, 0.15) is 20.9 Å². The van der Waals surface area contributed by atoms with Crippen LogP contribution < -0.4 is 5.32 Å². The van der Waals surface area contributed by atoms with Crippen molar-refractivity contribution < 1.29 is 9.72 Å². The van der Waals surface area contributed by atoms with Crippen molar-refractivity contribution in [2.75, 3.05) is 5.32 Å². The van der Waals surface area contributed by atoms with Crippen molar-refractivity contribution >= 4 is 39.0 Å². The van der Waals surface area contributed by atoms with Crippen molar-refractivity contribution in [3.8, 4) is 10.6 Å². The molecule has 0 aliphatic carbocycles. The van der Waals surface area contributed by atoms with Crippen LogP contribution in [-0.2, 0) is 0 Å². The fourth-order valence-corrected chi connectivity index (χ4v) is 3.53. The lowest BCUT2D eigenvalue weighted by Crippen LogP contribution is -2.13. The molecule has 1 amide bonds. The smallest absolute Gasteiger partial charge is 0.282 e. The van der Waals surface area contributed by atoms with E-state index < -0.39 is 10.8 Å². The maximum atomic E-state index is 12.4. The van der Waals surface area contributed by atoms with E-state index in [9.17, 15) is 14.9 Å². The summed E-state index contributed by atoms with van der Waals surface area (Å²) < 4.78 is 0. The second-order valence-electron chi connectivity index (χ2n) is 5.65. The highest BCUT2D eigenvalue weighted by atomic mass is 32.1. The molecular formula is C19H12N4O3S. The first-order valence-electron chi connectivity index (χ1n) is 7.98. The summed E-state index contributed by atoms with van der Waals surface area (Å²) in [7, 11) is 0. The molecule has 0 atom stereocenters. The Bertz CT molecular complexity index is 1120. The molecule has 0 aliphatic rings. The topological polar surface area (TPSA) is 98.0 Å². The van der Waals surface area contributed by atoms with Gasteiger partial charge in [-0.1, -0.05) is 23.5 Å². The number of rotatable bonds is 4. The van der Waals surface area contributed by atoms with Gasteiger partial charge in [-0.15, -0.1) is 0 Å². The zero-order chi connectivity index (χ0) is 18.8. The van der Waals surface area contributed by atoms with Gasteiger partial charge < -0.3 is 5.32 Å². The minimum absolute atomic E-state index is 0.0174. The van der Waals surface area contributed by atoms with Crippen LogP contribution in [0.2, 0.25) is 0 Å². The Morgan fingerprint density at radius 1 is 1.04 bits per heavy atom. The second kappa shape index (κ2) is 6.93. The van der Waals surface area contributed by atoms with Gasteiger partial charge in [-0.05, 0) is 42.5 Å². The molecule has 4 rings (SSSR count). The number of aromatic nitrogens is 2. The minimum atomic E-state index is -0.570. The molecule has 1 N–H and O–H groups in total. The van der Waals surface area contributed by atoms with Crippen LogP contribution in [-0.4, -0.2) is 20.8 Å². The molecule has 0 fully saturated rings. The van der Waals surface area contributed by atoms with Crippen molar-refractivity contribution in [1.29, 1.82) is 0 Å². The van der Waals surface area contributed by atoms with Gasteiger partial charge in [-0.25, -0.2) is 9.97 Å². The summed E-state index contributed by atoms with van der Waals surface area (Å²) in [5, 5.41) is 14.6. The molecule has 0 spiro atoms. The number of nitro groups is 1. The summed E-state index contributed by atoms with van der Waals surface area (Å²) in [4.78, 5) is 32.6. The quantitative estimate of drug-likeness (QED) is 0.417. The highest BCUT2D eigenvalue weighted by Crippen LogP contribution is 2.29. The predicted molar refractivity (Wildman–Crippen MR) is 104 cm³/mol. The van der Waals surface area contributed by atoms with Gasteiger partial charge in [0, 0.05) is 23.5 Å². The van der Waals surface area contributed by atoms with Crippen molar-refractivity contribution in [2.24, 2.45) is 0 Å². The lowest BCUT2D eigenvalue weighted by molar-refractivity contribution is -0.385. The van der Waals surface area contributed by atoms with Crippen molar-refractivity contribution in [3.05, 3.63) is 82.5 Å². The Labute approximate surface area is 157 Å². The molecule has 8 heteroatoms. The van der Waals surface area contributed by atoms with Crippen LogP contribution in [0.15, 0.2) is 66.9 Å². The van der Waals surface area contributed by atoms with Gasteiger partial charge in [0.05, 0.1) is 4.92 Å². The van der Waals surface area contributed by atoms with Crippen LogP contribution in [0.3, 0.4) is 0 Å². The van der Waals surface area contributed by atoms with E-state index in [0.29, 0.717) is 5.69 Å². The maximum Gasteiger partial charge on any atom is 0.282 e. The van der Waals surface area contributed by atoms with Crippen molar-refractivity contribution in [1.82, 2.24) is 9.97 Å². The summed E-state index contributed by atoms with van der Waals surface area (Å²) in [5.74, 6) is -0.528. The maximum absolute atomic E-state index is 12.4. The first-order chi connectivity index (χ1) is 13.1. The Kier molecular flexibility index (Phi) is 4.31. The molecule has 0 saturated carbocycles. The minimum Gasteiger partial charge on any atom is -0.322 e. The molecule has 27 heavy (non-hydrogen) atoms. The number of nitro benzene ring substituents is 1. The number of fused-ring (bicyclic) bond motifs is 1. The SMILES string of the molecule is O=C(Nc1ccc(-c2nc3cccnc3s2)cc1)c1ccccc1[N+](=O)[O-]. The molecule has 7 nitrogen and oxygen atoms in total. The predicted octanol–water partition coefficient (Wildman–Crippen LogP) is 4.52. The molecule has 0 unspecified atom stereocenters. The lowest BCUT2D eigenvalue weighted by atomic mass is 10.1. The fourth-order valence-electron chi connectivity index (χ4n) is 2.61. The molecule has 0 aliphatic heterocycles. The van der Waals surface area contributed by atoms with Crippen LogP contribution in [0, 0.1) is 10.1 Å². The van der Waals surface area contributed by atoms with E-state index in [4.69, 9.17) is 0 Å². The summed E-state index contributed by atoms with van der Waals surface area (Å²) in [6.45, 7) is 0. The second-order valence-corrected chi connectivity index (χ2v) is 6.63. The number of hydrogen-bond donors (Lipinski definition) is 1. The van der Waals surface area contributed by atoms with E-state index >= 15 is 0 Å². The number of amides is 1. The van der Waals surface area contributed by atoms with Crippen LogP contribution >= 0.6 is 11.3 Å². The van der Waals surface area contributed by atoms with Gasteiger partial charge >= 0.3 is 0 Å². The van der Waals surface area contributed by atoms with Crippen molar-refractivity contribution in [2.45, 2.75) is 0 Å². The third kappa shape index (κ3) is 3.38. The Hall–Kier alpha value is -3.65. The fraction of sp³-hybridized carbons (Fsp3) is 0. The summed E-state index contributed by atoms with van der Waals surface area (Å²) in [6.07, 6.45) is 1.73. The summed E-state index contributed by atoms with van der Waals surface area (Å²) >= 11 is 1.49. The average molecular weight is 376 g/mol. The third-order valence-corrected chi connectivity index (χ3v) is 4.93. The van der Waals surface area contributed by atoms with E-state index in [1.807, 2.05) is 24.3 Å². The Morgan fingerprint density at radius 2 is 1.81 bits per heavy atom.